The van der Waals surface area contributed by atoms with E-state index in [-0.39, 0.29) is 12.4 Å². The molecule has 0 heterocycles. The van der Waals surface area contributed by atoms with Crippen LogP contribution < -0.4 is 10.1 Å². The highest BCUT2D eigenvalue weighted by molar-refractivity contribution is 6.35. The SMILES string of the molecule is Cc1ccccc1NCc1cc(Cl)cc(Cl)c1OCc1cccc(F)c1. The maximum atomic E-state index is 13.3. The van der Waals surface area contributed by atoms with Crippen molar-refractivity contribution in [3.8, 4) is 5.75 Å². The highest BCUT2D eigenvalue weighted by atomic mass is 35.5. The zero-order valence-corrected chi connectivity index (χ0v) is 15.7. The fourth-order valence-corrected chi connectivity index (χ4v) is 3.24. The molecule has 0 fully saturated rings. The molecular weight excluding hydrogens is 372 g/mol. The first-order valence-corrected chi connectivity index (χ1v) is 8.93. The molecular formula is C21H18Cl2FNO. The summed E-state index contributed by atoms with van der Waals surface area (Å²) in [4.78, 5) is 0. The molecule has 0 aliphatic rings. The van der Waals surface area contributed by atoms with Crippen LogP contribution >= 0.6 is 23.2 Å². The van der Waals surface area contributed by atoms with Gasteiger partial charge in [0.1, 0.15) is 18.2 Å². The van der Waals surface area contributed by atoms with E-state index in [9.17, 15) is 4.39 Å². The molecule has 5 heteroatoms. The van der Waals surface area contributed by atoms with Crippen molar-refractivity contribution >= 4 is 28.9 Å². The van der Waals surface area contributed by atoms with E-state index in [1.54, 1.807) is 18.2 Å². The minimum Gasteiger partial charge on any atom is -0.487 e. The van der Waals surface area contributed by atoms with Crippen molar-refractivity contribution in [1.82, 2.24) is 0 Å². The van der Waals surface area contributed by atoms with E-state index in [0.717, 1.165) is 22.4 Å². The van der Waals surface area contributed by atoms with Crippen LogP contribution in [0.3, 0.4) is 0 Å². The lowest BCUT2D eigenvalue weighted by atomic mass is 10.1. The van der Waals surface area contributed by atoms with Crippen LogP contribution in [0, 0.1) is 12.7 Å². The summed E-state index contributed by atoms with van der Waals surface area (Å²) in [6.45, 7) is 2.76. The molecule has 0 radical (unpaired) electrons. The third kappa shape index (κ3) is 4.69. The number of benzene rings is 3. The van der Waals surface area contributed by atoms with Gasteiger partial charge in [-0.1, -0.05) is 53.5 Å². The Hall–Kier alpha value is -2.23. The summed E-state index contributed by atoms with van der Waals surface area (Å²) >= 11 is 12.5. The predicted octanol–water partition coefficient (Wildman–Crippen LogP) is 6.63. The Morgan fingerprint density at radius 3 is 2.58 bits per heavy atom. The standard InChI is InChI=1S/C21H18Cl2FNO/c1-14-5-2-3-8-20(14)25-12-16-10-17(22)11-19(23)21(16)26-13-15-6-4-7-18(24)9-15/h2-11,25H,12-13H2,1H3. The first-order chi connectivity index (χ1) is 12.5. The minimum atomic E-state index is -0.297. The second kappa shape index (κ2) is 8.43. The normalized spacial score (nSPS) is 10.6. The first kappa shape index (κ1) is 18.6. The lowest BCUT2D eigenvalue weighted by molar-refractivity contribution is 0.303. The Morgan fingerprint density at radius 1 is 1.00 bits per heavy atom. The molecule has 0 spiro atoms. The van der Waals surface area contributed by atoms with Crippen molar-refractivity contribution in [2.45, 2.75) is 20.1 Å². The number of hydrogen-bond donors (Lipinski definition) is 1. The lowest BCUT2D eigenvalue weighted by Crippen LogP contribution is -2.05. The maximum Gasteiger partial charge on any atom is 0.143 e. The molecule has 1 N–H and O–H groups in total. The van der Waals surface area contributed by atoms with Gasteiger partial charge < -0.3 is 10.1 Å². The van der Waals surface area contributed by atoms with Gasteiger partial charge in [-0.2, -0.15) is 0 Å². The van der Waals surface area contributed by atoms with Gasteiger partial charge in [-0.05, 0) is 48.4 Å². The van der Waals surface area contributed by atoms with Crippen LogP contribution in [-0.2, 0) is 13.2 Å². The van der Waals surface area contributed by atoms with E-state index < -0.39 is 0 Å². The highest BCUT2D eigenvalue weighted by Gasteiger charge is 2.12. The van der Waals surface area contributed by atoms with Gasteiger partial charge in [0, 0.05) is 22.8 Å². The molecule has 3 aromatic rings. The summed E-state index contributed by atoms with van der Waals surface area (Å²) in [5.41, 5.74) is 3.73. The van der Waals surface area contributed by atoms with Crippen LogP contribution in [0.25, 0.3) is 0 Å². The number of halogens is 3. The number of ether oxygens (including phenoxy) is 1. The van der Waals surface area contributed by atoms with Gasteiger partial charge in [-0.25, -0.2) is 4.39 Å². The third-order valence-electron chi connectivity index (χ3n) is 3.97. The summed E-state index contributed by atoms with van der Waals surface area (Å²) < 4.78 is 19.2. The molecule has 0 amide bonds. The van der Waals surface area contributed by atoms with E-state index in [0.29, 0.717) is 22.3 Å². The molecule has 0 aliphatic carbocycles. The Balaban J connectivity index is 1.79. The largest absolute Gasteiger partial charge is 0.487 e. The number of aryl methyl sites for hydroxylation is 1. The molecule has 0 atom stereocenters. The van der Waals surface area contributed by atoms with Crippen LogP contribution in [0.4, 0.5) is 10.1 Å². The van der Waals surface area contributed by atoms with E-state index in [1.165, 1.54) is 12.1 Å². The second-order valence-electron chi connectivity index (χ2n) is 5.96. The Labute approximate surface area is 162 Å². The molecule has 3 aromatic carbocycles. The van der Waals surface area contributed by atoms with Crippen LogP contribution in [-0.4, -0.2) is 0 Å². The molecule has 0 saturated carbocycles. The van der Waals surface area contributed by atoms with Gasteiger partial charge >= 0.3 is 0 Å². The zero-order valence-electron chi connectivity index (χ0n) is 14.2. The quantitative estimate of drug-likeness (QED) is 0.510. The van der Waals surface area contributed by atoms with Gasteiger partial charge in [-0.15, -0.1) is 0 Å². The van der Waals surface area contributed by atoms with Crippen LogP contribution in [0.15, 0.2) is 60.7 Å². The minimum absolute atomic E-state index is 0.219. The molecule has 0 bridgehead atoms. The number of hydrogen-bond acceptors (Lipinski definition) is 2. The Bertz CT molecular complexity index is 914. The van der Waals surface area contributed by atoms with Crippen molar-refractivity contribution in [3.63, 3.8) is 0 Å². The molecule has 0 aliphatic heterocycles. The van der Waals surface area contributed by atoms with Gasteiger partial charge in [0.25, 0.3) is 0 Å². The highest BCUT2D eigenvalue weighted by Crippen LogP contribution is 2.34. The van der Waals surface area contributed by atoms with Gasteiger partial charge in [-0.3, -0.25) is 0 Å². The maximum absolute atomic E-state index is 13.3. The fraction of sp³-hybridized carbons (Fsp3) is 0.143. The van der Waals surface area contributed by atoms with Gasteiger partial charge in [0.05, 0.1) is 5.02 Å². The topological polar surface area (TPSA) is 21.3 Å². The van der Waals surface area contributed by atoms with Crippen molar-refractivity contribution in [2.24, 2.45) is 0 Å². The monoisotopic (exact) mass is 389 g/mol. The molecule has 0 unspecified atom stereocenters. The van der Waals surface area contributed by atoms with E-state index in [4.69, 9.17) is 27.9 Å². The van der Waals surface area contributed by atoms with Crippen molar-refractivity contribution in [3.05, 3.63) is 93.2 Å². The molecule has 0 aromatic heterocycles. The van der Waals surface area contributed by atoms with Crippen molar-refractivity contribution in [1.29, 1.82) is 0 Å². The number of nitrogens with one attached hydrogen (secondary N) is 1. The second-order valence-corrected chi connectivity index (χ2v) is 6.81. The smallest absolute Gasteiger partial charge is 0.143 e. The summed E-state index contributed by atoms with van der Waals surface area (Å²) in [7, 11) is 0. The molecule has 26 heavy (non-hydrogen) atoms. The van der Waals surface area contributed by atoms with Gasteiger partial charge in [0.15, 0.2) is 0 Å². The zero-order chi connectivity index (χ0) is 18.5. The Kier molecular flexibility index (Phi) is 6.02. The van der Waals surface area contributed by atoms with Crippen LogP contribution in [0.1, 0.15) is 16.7 Å². The van der Waals surface area contributed by atoms with E-state index in [2.05, 4.69) is 5.32 Å². The number of rotatable bonds is 6. The summed E-state index contributed by atoms with van der Waals surface area (Å²) in [5.74, 6) is 0.246. The Morgan fingerprint density at radius 2 is 1.81 bits per heavy atom. The molecule has 0 saturated heterocycles. The molecule has 3 rings (SSSR count). The van der Waals surface area contributed by atoms with E-state index >= 15 is 0 Å². The average molecular weight is 390 g/mol. The fourth-order valence-electron chi connectivity index (χ4n) is 2.65. The predicted molar refractivity (Wildman–Crippen MR) is 106 cm³/mol. The van der Waals surface area contributed by atoms with Crippen molar-refractivity contribution < 1.29 is 9.13 Å². The van der Waals surface area contributed by atoms with Gasteiger partial charge in [0.2, 0.25) is 0 Å². The van der Waals surface area contributed by atoms with Crippen LogP contribution in [0.5, 0.6) is 5.75 Å². The summed E-state index contributed by atoms with van der Waals surface area (Å²) in [5, 5.41) is 4.34. The number of anilines is 1. The van der Waals surface area contributed by atoms with E-state index in [1.807, 2.05) is 37.3 Å². The van der Waals surface area contributed by atoms with Crippen molar-refractivity contribution in [2.75, 3.05) is 5.32 Å². The first-order valence-electron chi connectivity index (χ1n) is 8.17. The lowest BCUT2D eigenvalue weighted by Gasteiger charge is -2.16. The third-order valence-corrected chi connectivity index (χ3v) is 4.47. The molecule has 2 nitrogen and oxygen atoms in total. The molecule has 134 valence electrons. The summed E-state index contributed by atoms with van der Waals surface area (Å²) in [6, 6.07) is 17.8. The van der Waals surface area contributed by atoms with Crippen LogP contribution in [0.2, 0.25) is 10.0 Å². The number of para-hydroxylation sites is 1. The average Bonchev–Trinajstić information content (AvgIpc) is 2.60. The summed E-state index contributed by atoms with van der Waals surface area (Å²) in [6.07, 6.45) is 0.